The van der Waals surface area contributed by atoms with E-state index in [1.165, 1.54) is 24.8 Å². The smallest absolute Gasteiger partial charge is 0.224 e. The molecule has 1 aromatic carbocycles. The Balaban J connectivity index is 1.92. The van der Waals surface area contributed by atoms with Crippen LogP contribution in [0.2, 0.25) is 0 Å². The van der Waals surface area contributed by atoms with E-state index in [0.717, 1.165) is 12.2 Å². The average Bonchev–Trinajstić information content (AvgIpc) is 2.34. The van der Waals surface area contributed by atoms with Gasteiger partial charge < -0.3 is 10.6 Å². The lowest BCUT2D eigenvalue weighted by atomic mass is 9.83. The number of anilines is 1. The van der Waals surface area contributed by atoms with Gasteiger partial charge in [0.15, 0.2) is 0 Å². The molecule has 104 valence electrons. The lowest BCUT2D eigenvalue weighted by Gasteiger charge is -2.24. The fourth-order valence-corrected chi connectivity index (χ4v) is 2.48. The van der Waals surface area contributed by atoms with Gasteiger partial charge >= 0.3 is 0 Å². The van der Waals surface area contributed by atoms with Crippen LogP contribution in [-0.4, -0.2) is 12.5 Å². The predicted molar refractivity (Wildman–Crippen MR) is 79.1 cm³/mol. The zero-order valence-corrected chi connectivity index (χ0v) is 11.9. The summed E-state index contributed by atoms with van der Waals surface area (Å²) >= 11 is 0. The molecular weight excluding hydrogens is 236 g/mol. The van der Waals surface area contributed by atoms with Crippen LogP contribution in [-0.2, 0) is 4.79 Å². The van der Waals surface area contributed by atoms with Crippen LogP contribution >= 0.6 is 0 Å². The maximum absolute atomic E-state index is 11.9. The first-order valence-corrected chi connectivity index (χ1v) is 7.32. The van der Waals surface area contributed by atoms with Crippen molar-refractivity contribution in [2.24, 2.45) is 5.92 Å². The summed E-state index contributed by atoms with van der Waals surface area (Å²) in [5, 5.41) is 6.39. The molecule has 1 aliphatic carbocycles. The molecule has 1 aliphatic rings. The van der Waals surface area contributed by atoms with Crippen LogP contribution in [0.5, 0.6) is 0 Å². The number of hydrogen-bond donors (Lipinski definition) is 2. The zero-order chi connectivity index (χ0) is 13.7. The molecular formula is C16H24N2O. The van der Waals surface area contributed by atoms with Gasteiger partial charge in [-0.3, -0.25) is 4.79 Å². The molecule has 0 spiro atoms. The monoisotopic (exact) mass is 260 g/mol. The van der Waals surface area contributed by atoms with E-state index in [1.54, 1.807) is 0 Å². The summed E-state index contributed by atoms with van der Waals surface area (Å²) in [7, 11) is 0. The van der Waals surface area contributed by atoms with Gasteiger partial charge in [0.25, 0.3) is 0 Å². The fourth-order valence-electron chi connectivity index (χ4n) is 2.48. The molecule has 0 radical (unpaired) electrons. The lowest BCUT2D eigenvalue weighted by Crippen LogP contribution is -2.21. The summed E-state index contributed by atoms with van der Waals surface area (Å²) < 4.78 is 0. The Kier molecular flexibility index (Phi) is 4.97. The third kappa shape index (κ3) is 4.06. The predicted octanol–water partition coefficient (Wildman–Crippen LogP) is 3.49. The van der Waals surface area contributed by atoms with Gasteiger partial charge in [-0.25, -0.2) is 0 Å². The van der Waals surface area contributed by atoms with Gasteiger partial charge in [0.1, 0.15) is 0 Å². The molecule has 0 aromatic heterocycles. The Labute approximate surface area is 115 Å². The van der Waals surface area contributed by atoms with E-state index in [-0.39, 0.29) is 5.91 Å². The second-order valence-electron chi connectivity index (χ2n) is 5.45. The number of carbonyl (C=O) groups excluding carboxylic acids is 1. The third-order valence-electron chi connectivity index (χ3n) is 3.88. The molecule has 2 N–H and O–H groups in total. The van der Waals surface area contributed by atoms with Gasteiger partial charge in [-0.2, -0.15) is 0 Å². The second-order valence-corrected chi connectivity index (χ2v) is 5.45. The van der Waals surface area contributed by atoms with Crippen LogP contribution < -0.4 is 10.6 Å². The summed E-state index contributed by atoms with van der Waals surface area (Å²) in [4.78, 5) is 11.9. The number of amides is 1. The van der Waals surface area contributed by atoms with Gasteiger partial charge in [-0.05, 0) is 49.9 Å². The van der Waals surface area contributed by atoms with Crippen LogP contribution in [0.1, 0.15) is 51.1 Å². The lowest BCUT2D eigenvalue weighted by molar-refractivity contribution is -0.117. The van der Waals surface area contributed by atoms with Crippen molar-refractivity contribution in [3.05, 3.63) is 29.8 Å². The van der Waals surface area contributed by atoms with Crippen molar-refractivity contribution >= 4 is 11.6 Å². The highest BCUT2D eigenvalue weighted by Gasteiger charge is 2.20. The minimum Gasteiger partial charge on any atom is -0.326 e. The SMILES string of the molecule is CCNC(C)c1cccc(NC(=O)CC2CCC2)c1. The van der Waals surface area contributed by atoms with E-state index in [2.05, 4.69) is 36.6 Å². The Hall–Kier alpha value is -1.35. The van der Waals surface area contributed by atoms with Crippen LogP contribution in [0.4, 0.5) is 5.69 Å². The summed E-state index contributed by atoms with van der Waals surface area (Å²) in [6.45, 7) is 5.18. The molecule has 3 nitrogen and oxygen atoms in total. The molecule has 0 bridgehead atoms. The van der Waals surface area contributed by atoms with Gasteiger partial charge in [0.2, 0.25) is 5.91 Å². The molecule has 1 atom stereocenters. The van der Waals surface area contributed by atoms with Crippen molar-refractivity contribution in [1.29, 1.82) is 0 Å². The Bertz CT molecular complexity index is 427. The fraction of sp³-hybridized carbons (Fsp3) is 0.562. The number of rotatable bonds is 6. The highest BCUT2D eigenvalue weighted by molar-refractivity contribution is 5.90. The molecule has 3 heteroatoms. The van der Waals surface area contributed by atoms with Gasteiger partial charge in [0.05, 0.1) is 0 Å². The average molecular weight is 260 g/mol. The van der Waals surface area contributed by atoms with Crippen molar-refractivity contribution in [1.82, 2.24) is 5.32 Å². The van der Waals surface area contributed by atoms with Crippen molar-refractivity contribution in [3.63, 3.8) is 0 Å². The highest BCUT2D eigenvalue weighted by atomic mass is 16.1. The maximum atomic E-state index is 11.9. The normalized spacial score (nSPS) is 16.7. The summed E-state index contributed by atoms with van der Waals surface area (Å²) in [6, 6.07) is 8.43. The molecule has 2 rings (SSSR count). The van der Waals surface area contributed by atoms with Gasteiger partial charge in [-0.15, -0.1) is 0 Å². The zero-order valence-electron chi connectivity index (χ0n) is 11.9. The number of carbonyl (C=O) groups is 1. The molecule has 1 unspecified atom stereocenters. The van der Waals surface area contributed by atoms with E-state index < -0.39 is 0 Å². The van der Waals surface area contributed by atoms with E-state index in [9.17, 15) is 4.79 Å². The largest absolute Gasteiger partial charge is 0.326 e. The van der Waals surface area contributed by atoms with Gasteiger partial charge in [0, 0.05) is 18.2 Å². The van der Waals surface area contributed by atoms with Crippen molar-refractivity contribution < 1.29 is 4.79 Å². The maximum Gasteiger partial charge on any atom is 0.224 e. The van der Waals surface area contributed by atoms with E-state index >= 15 is 0 Å². The Morgan fingerprint density at radius 1 is 1.42 bits per heavy atom. The number of nitrogens with one attached hydrogen (secondary N) is 2. The number of hydrogen-bond acceptors (Lipinski definition) is 2. The first kappa shape index (κ1) is 14.1. The van der Waals surface area contributed by atoms with Crippen LogP contribution in [0.3, 0.4) is 0 Å². The van der Waals surface area contributed by atoms with Crippen molar-refractivity contribution in [2.75, 3.05) is 11.9 Å². The molecule has 1 aromatic rings. The first-order chi connectivity index (χ1) is 9.19. The Morgan fingerprint density at radius 2 is 2.21 bits per heavy atom. The molecule has 0 heterocycles. The molecule has 19 heavy (non-hydrogen) atoms. The molecule has 1 saturated carbocycles. The highest BCUT2D eigenvalue weighted by Crippen LogP contribution is 2.29. The summed E-state index contributed by atoms with van der Waals surface area (Å²) in [6.07, 6.45) is 4.39. The van der Waals surface area contributed by atoms with Crippen LogP contribution in [0, 0.1) is 5.92 Å². The van der Waals surface area contributed by atoms with E-state index in [4.69, 9.17) is 0 Å². The molecule has 0 saturated heterocycles. The summed E-state index contributed by atoms with van der Waals surface area (Å²) in [5.74, 6) is 0.766. The topological polar surface area (TPSA) is 41.1 Å². The Morgan fingerprint density at radius 3 is 2.84 bits per heavy atom. The van der Waals surface area contributed by atoms with E-state index in [0.29, 0.717) is 18.4 Å². The molecule has 0 aliphatic heterocycles. The minimum atomic E-state index is 0.151. The minimum absolute atomic E-state index is 0.151. The van der Waals surface area contributed by atoms with Crippen LogP contribution in [0.15, 0.2) is 24.3 Å². The standard InChI is InChI=1S/C16H24N2O/c1-3-17-12(2)14-8-5-9-15(11-14)18-16(19)10-13-6-4-7-13/h5,8-9,11-13,17H,3-4,6-7,10H2,1-2H3,(H,18,19). The van der Waals surface area contributed by atoms with Crippen LogP contribution in [0.25, 0.3) is 0 Å². The summed E-state index contributed by atoms with van der Waals surface area (Å²) in [5.41, 5.74) is 2.12. The first-order valence-electron chi connectivity index (χ1n) is 7.32. The molecule has 1 amide bonds. The second kappa shape index (κ2) is 6.71. The molecule has 1 fully saturated rings. The van der Waals surface area contributed by atoms with Crippen molar-refractivity contribution in [2.45, 2.75) is 45.6 Å². The third-order valence-corrected chi connectivity index (χ3v) is 3.88. The van der Waals surface area contributed by atoms with E-state index in [1.807, 2.05) is 12.1 Å². The quantitative estimate of drug-likeness (QED) is 0.822. The van der Waals surface area contributed by atoms with Crippen molar-refractivity contribution in [3.8, 4) is 0 Å². The number of benzene rings is 1. The van der Waals surface area contributed by atoms with Gasteiger partial charge in [-0.1, -0.05) is 25.5 Å².